The van der Waals surface area contributed by atoms with Crippen LogP contribution in [0.15, 0.2) is 46.0 Å². The summed E-state index contributed by atoms with van der Waals surface area (Å²) in [6, 6.07) is 9.56. The van der Waals surface area contributed by atoms with E-state index in [2.05, 4.69) is 54.4 Å². The Labute approximate surface area is 219 Å². The Balaban J connectivity index is 2.02. The van der Waals surface area contributed by atoms with Crippen molar-refractivity contribution in [3.05, 3.63) is 55.6 Å². The molecule has 0 saturated heterocycles. The molecule has 182 valence electrons. The van der Waals surface area contributed by atoms with Gasteiger partial charge in [0.2, 0.25) is 0 Å². The zero-order valence-electron chi connectivity index (χ0n) is 18.9. The van der Waals surface area contributed by atoms with Gasteiger partial charge in [0.25, 0.3) is 11.8 Å². The number of ether oxygens (including phenoxy) is 3. The van der Waals surface area contributed by atoms with E-state index in [4.69, 9.17) is 14.2 Å². The fourth-order valence-corrected chi connectivity index (χ4v) is 3.90. The summed E-state index contributed by atoms with van der Waals surface area (Å²) in [7, 11) is 0. The number of hydrogen-bond donors (Lipinski definition) is 2. The van der Waals surface area contributed by atoms with Gasteiger partial charge in [-0.25, -0.2) is 10.2 Å². The van der Waals surface area contributed by atoms with Gasteiger partial charge >= 0.3 is 5.97 Å². The molecule has 2 rings (SSSR count). The van der Waals surface area contributed by atoms with Gasteiger partial charge < -0.3 is 19.5 Å². The first kappa shape index (κ1) is 27.6. The second kappa shape index (κ2) is 13.9. The molecule has 0 aliphatic heterocycles. The number of benzene rings is 2. The minimum atomic E-state index is -0.811. The maximum absolute atomic E-state index is 12.4. The highest BCUT2D eigenvalue weighted by Crippen LogP contribution is 2.34. The average molecular weight is 646 g/mol. The Morgan fingerprint density at radius 2 is 1.88 bits per heavy atom. The molecule has 2 aromatic rings. The molecule has 0 bridgehead atoms. The molecule has 0 aliphatic carbocycles. The summed E-state index contributed by atoms with van der Waals surface area (Å²) in [5.41, 5.74) is 3.48. The van der Waals surface area contributed by atoms with Crippen LogP contribution in [0.4, 0.5) is 0 Å². The normalized spacial score (nSPS) is 11.6. The number of hydrogen-bond acceptors (Lipinski definition) is 7. The van der Waals surface area contributed by atoms with E-state index in [1.165, 1.54) is 6.21 Å². The van der Waals surface area contributed by atoms with E-state index in [9.17, 15) is 14.4 Å². The Morgan fingerprint density at radius 1 is 1.15 bits per heavy atom. The molecule has 0 spiro atoms. The van der Waals surface area contributed by atoms with Crippen LogP contribution in [0, 0.1) is 3.57 Å². The maximum Gasteiger partial charge on any atom is 0.344 e. The Kier molecular flexibility index (Phi) is 11.3. The van der Waals surface area contributed by atoms with Gasteiger partial charge in [0.05, 0.1) is 28.6 Å². The summed E-state index contributed by atoms with van der Waals surface area (Å²) in [6.07, 6.45) is 1.44. The molecule has 2 N–H and O–H groups in total. The lowest BCUT2D eigenvalue weighted by Crippen LogP contribution is -2.43. The van der Waals surface area contributed by atoms with Gasteiger partial charge in [-0.15, -0.1) is 0 Å². The predicted molar refractivity (Wildman–Crippen MR) is 139 cm³/mol. The largest absolute Gasteiger partial charge is 0.490 e. The highest BCUT2D eigenvalue weighted by Gasteiger charge is 2.18. The van der Waals surface area contributed by atoms with Crippen molar-refractivity contribution in [2.45, 2.75) is 26.8 Å². The Bertz CT molecular complexity index is 1060. The van der Waals surface area contributed by atoms with Crippen molar-refractivity contribution in [3.8, 4) is 11.5 Å². The first-order chi connectivity index (χ1) is 16.3. The molecule has 0 aliphatic rings. The van der Waals surface area contributed by atoms with E-state index in [1.807, 2.05) is 6.92 Å². The highest BCUT2D eigenvalue weighted by atomic mass is 127. The molecule has 1 unspecified atom stereocenters. The lowest BCUT2D eigenvalue weighted by atomic mass is 10.2. The molecular formula is C23H25BrIN3O6. The number of rotatable bonds is 11. The first-order valence-electron chi connectivity index (χ1n) is 10.4. The van der Waals surface area contributed by atoms with E-state index in [-0.39, 0.29) is 19.1 Å². The molecule has 0 heterocycles. The molecule has 0 saturated carbocycles. The quantitative estimate of drug-likeness (QED) is 0.167. The van der Waals surface area contributed by atoms with E-state index >= 15 is 0 Å². The number of carbonyl (C=O) groups is 3. The smallest absolute Gasteiger partial charge is 0.344 e. The minimum Gasteiger partial charge on any atom is -0.490 e. The van der Waals surface area contributed by atoms with Crippen molar-refractivity contribution in [2.75, 3.05) is 19.8 Å². The van der Waals surface area contributed by atoms with Crippen molar-refractivity contribution in [3.63, 3.8) is 0 Å². The van der Waals surface area contributed by atoms with E-state index in [0.29, 0.717) is 37.3 Å². The number of esters is 1. The molecule has 34 heavy (non-hydrogen) atoms. The summed E-state index contributed by atoms with van der Waals surface area (Å²) in [6.45, 7) is 5.52. The van der Waals surface area contributed by atoms with Crippen molar-refractivity contribution in [1.29, 1.82) is 0 Å². The fraction of sp³-hybridized carbons (Fsp3) is 0.304. The van der Waals surface area contributed by atoms with Gasteiger partial charge in [0.15, 0.2) is 18.1 Å². The lowest BCUT2D eigenvalue weighted by Gasteiger charge is -2.14. The molecule has 2 amide bonds. The molecule has 0 radical (unpaired) electrons. The summed E-state index contributed by atoms with van der Waals surface area (Å²) < 4.78 is 17.4. The van der Waals surface area contributed by atoms with Gasteiger partial charge in [0.1, 0.15) is 6.04 Å². The van der Waals surface area contributed by atoms with E-state index in [0.717, 1.165) is 0 Å². The maximum atomic E-state index is 12.4. The zero-order chi connectivity index (χ0) is 25.1. The second-order valence-electron chi connectivity index (χ2n) is 6.77. The molecule has 11 heteroatoms. The van der Waals surface area contributed by atoms with Crippen LogP contribution < -0.4 is 20.2 Å². The van der Waals surface area contributed by atoms with Gasteiger partial charge in [-0.1, -0.05) is 12.1 Å². The average Bonchev–Trinajstić information content (AvgIpc) is 2.79. The van der Waals surface area contributed by atoms with Crippen LogP contribution >= 0.6 is 38.5 Å². The Hall–Kier alpha value is -2.67. The third-order valence-electron chi connectivity index (χ3n) is 4.22. The van der Waals surface area contributed by atoms with Gasteiger partial charge in [-0.2, -0.15) is 5.10 Å². The van der Waals surface area contributed by atoms with Crippen molar-refractivity contribution < 1.29 is 28.6 Å². The highest BCUT2D eigenvalue weighted by molar-refractivity contribution is 14.1. The molecule has 0 aromatic heterocycles. The van der Waals surface area contributed by atoms with E-state index in [1.54, 1.807) is 50.2 Å². The molecule has 2 aromatic carbocycles. The van der Waals surface area contributed by atoms with Crippen LogP contribution in [0.1, 0.15) is 36.7 Å². The first-order valence-corrected chi connectivity index (χ1v) is 12.3. The molecule has 0 fully saturated rings. The summed E-state index contributed by atoms with van der Waals surface area (Å²) in [5.74, 6) is -0.491. The predicted octanol–water partition coefficient (Wildman–Crippen LogP) is 3.66. The van der Waals surface area contributed by atoms with Gasteiger partial charge in [-0.3, -0.25) is 9.59 Å². The lowest BCUT2D eigenvalue weighted by molar-refractivity contribution is -0.145. The second-order valence-corrected chi connectivity index (χ2v) is 8.78. The van der Waals surface area contributed by atoms with Crippen LogP contribution in [0.2, 0.25) is 0 Å². The topological polar surface area (TPSA) is 115 Å². The third-order valence-corrected chi connectivity index (χ3v) is 5.71. The zero-order valence-corrected chi connectivity index (χ0v) is 22.6. The van der Waals surface area contributed by atoms with Gasteiger partial charge in [0, 0.05) is 4.47 Å². The molecule has 9 nitrogen and oxygen atoms in total. The minimum absolute atomic E-state index is 0.240. The molecular weight excluding hydrogens is 621 g/mol. The number of nitrogens with one attached hydrogen (secondary N) is 2. The van der Waals surface area contributed by atoms with Crippen LogP contribution in [-0.2, 0) is 14.3 Å². The number of nitrogens with zero attached hydrogens (tertiary/aromatic N) is 1. The third kappa shape index (κ3) is 8.28. The summed E-state index contributed by atoms with van der Waals surface area (Å²) >= 11 is 5.37. The number of amides is 2. The monoisotopic (exact) mass is 645 g/mol. The summed E-state index contributed by atoms with van der Waals surface area (Å²) in [4.78, 5) is 36.3. The van der Waals surface area contributed by atoms with E-state index < -0.39 is 17.9 Å². The fourth-order valence-electron chi connectivity index (χ4n) is 2.65. The number of hydrazone groups is 1. The van der Waals surface area contributed by atoms with Crippen molar-refractivity contribution >= 4 is 62.5 Å². The van der Waals surface area contributed by atoms with Crippen LogP contribution in [0.3, 0.4) is 0 Å². The SMILES string of the molecule is CCOC(=O)COc1c(I)cc(C=NNC(=O)C(C)NC(=O)c2ccccc2Br)cc1OCC. The molecule has 1 atom stereocenters. The standard InChI is InChI=1S/C23H25BrIN3O6/c1-4-32-19-11-15(10-18(25)21(19)34-13-20(29)33-5-2)12-26-28-22(30)14(3)27-23(31)16-8-6-7-9-17(16)24/h6-12,14H,4-5,13H2,1-3H3,(H,27,31)(H,28,30). The van der Waals surface area contributed by atoms with Crippen molar-refractivity contribution in [2.24, 2.45) is 5.10 Å². The Morgan fingerprint density at radius 3 is 2.56 bits per heavy atom. The summed E-state index contributed by atoms with van der Waals surface area (Å²) in [5, 5.41) is 6.60. The van der Waals surface area contributed by atoms with Gasteiger partial charge in [-0.05, 0) is 89.1 Å². The number of halogens is 2. The number of carbonyl (C=O) groups excluding carboxylic acids is 3. The van der Waals surface area contributed by atoms with Crippen LogP contribution in [0.5, 0.6) is 11.5 Å². The van der Waals surface area contributed by atoms with Crippen molar-refractivity contribution in [1.82, 2.24) is 10.7 Å². The van der Waals surface area contributed by atoms with Crippen LogP contribution in [0.25, 0.3) is 0 Å². The van der Waals surface area contributed by atoms with Crippen LogP contribution in [-0.4, -0.2) is 49.9 Å².